The Bertz CT molecular complexity index is 2370. The van der Waals surface area contributed by atoms with Crippen molar-refractivity contribution in [3.05, 3.63) is 186 Å². The van der Waals surface area contributed by atoms with Crippen molar-refractivity contribution < 1.29 is 0 Å². The molecule has 0 radical (unpaired) electrons. The summed E-state index contributed by atoms with van der Waals surface area (Å²) < 4.78 is 0. The Hall–Kier alpha value is -5.40. The summed E-state index contributed by atoms with van der Waals surface area (Å²) in [7, 11) is 0. The Morgan fingerprint density at radius 2 is 0.887 bits per heavy atom. The van der Waals surface area contributed by atoms with Crippen molar-refractivity contribution >= 4 is 27.8 Å². The predicted molar refractivity (Wildman–Crippen MR) is 224 cm³/mol. The first kappa shape index (κ1) is 32.3. The van der Waals surface area contributed by atoms with Crippen molar-refractivity contribution in [3.8, 4) is 22.3 Å². The monoisotopic (exact) mass is 685 g/mol. The molecule has 0 N–H and O–H groups in total. The lowest BCUT2D eigenvalue weighted by Gasteiger charge is -2.44. The number of anilines is 3. The normalized spacial score (nSPS) is 21.7. The third kappa shape index (κ3) is 4.97. The third-order valence-corrected chi connectivity index (χ3v) is 13.7. The van der Waals surface area contributed by atoms with Gasteiger partial charge in [0, 0.05) is 16.8 Å². The van der Waals surface area contributed by atoms with Gasteiger partial charge in [-0.2, -0.15) is 0 Å². The number of nitrogens with zero attached hydrogens (tertiary/aromatic N) is 1. The zero-order chi connectivity index (χ0) is 35.9. The summed E-state index contributed by atoms with van der Waals surface area (Å²) >= 11 is 0. The van der Waals surface area contributed by atoms with Gasteiger partial charge in [0.2, 0.25) is 0 Å². The first-order chi connectivity index (χ1) is 25.8. The minimum absolute atomic E-state index is 0.0471. The van der Waals surface area contributed by atoms with Crippen LogP contribution < -0.4 is 4.90 Å². The van der Waals surface area contributed by atoms with E-state index in [9.17, 15) is 0 Å². The van der Waals surface area contributed by atoms with Crippen LogP contribution in [0.2, 0.25) is 0 Å². The van der Waals surface area contributed by atoms with E-state index in [1.807, 2.05) is 0 Å². The summed E-state index contributed by atoms with van der Waals surface area (Å²) in [6, 6.07) is 61.0. The van der Waals surface area contributed by atoms with Gasteiger partial charge in [-0.1, -0.05) is 161 Å². The molecule has 1 nitrogen and oxygen atoms in total. The zero-order valence-electron chi connectivity index (χ0n) is 31.3. The Labute approximate surface area is 315 Å². The molecule has 0 aromatic heterocycles. The van der Waals surface area contributed by atoms with Crippen molar-refractivity contribution in [2.24, 2.45) is 11.8 Å². The predicted octanol–water partition coefficient (Wildman–Crippen LogP) is 14.1. The van der Waals surface area contributed by atoms with E-state index >= 15 is 0 Å². The molecular weight excluding hydrogens is 639 g/mol. The Kier molecular flexibility index (Phi) is 7.35. The van der Waals surface area contributed by atoms with E-state index in [-0.39, 0.29) is 10.8 Å². The molecule has 7 aromatic carbocycles. The summed E-state index contributed by atoms with van der Waals surface area (Å²) in [6.45, 7) is 10.1. The van der Waals surface area contributed by atoms with Crippen molar-refractivity contribution in [2.75, 3.05) is 4.90 Å². The smallest absolute Gasteiger partial charge is 0.0543 e. The van der Waals surface area contributed by atoms with Gasteiger partial charge in [0.25, 0.3) is 0 Å². The summed E-state index contributed by atoms with van der Waals surface area (Å²) in [6.07, 6.45) is 2.51. The van der Waals surface area contributed by atoms with Crippen LogP contribution in [0.5, 0.6) is 0 Å². The van der Waals surface area contributed by atoms with E-state index in [0.29, 0.717) is 23.7 Å². The number of rotatable bonds is 5. The molecule has 1 heteroatoms. The van der Waals surface area contributed by atoms with Gasteiger partial charge in [0.1, 0.15) is 0 Å². The molecule has 7 aromatic rings. The first-order valence-corrected chi connectivity index (χ1v) is 19.6. The summed E-state index contributed by atoms with van der Waals surface area (Å²) in [5.74, 6) is 2.44. The molecule has 4 unspecified atom stereocenters. The van der Waals surface area contributed by atoms with Crippen LogP contribution in [0.3, 0.4) is 0 Å². The number of hydrogen-bond acceptors (Lipinski definition) is 1. The zero-order valence-corrected chi connectivity index (χ0v) is 31.3. The lowest BCUT2D eigenvalue weighted by atomic mass is 9.59. The highest BCUT2D eigenvalue weighted by Crippen LogP contribution is 2.67. The van der Waals surface area contributed by atoms with Crippen LogP contribution in [0.1, 0.15) is 74.6 Å². The molecule has 0 heterocycles. The number of hydrogen-bond donors (Lipinski definition) is 0. The van der Waals surface area contributed by atoms with Gasteiger partial charge in [0.15, 0.2) is 0 Å². The lowest BCUT2D eigenvalue weighted by Crippen LogP contribution is -2.37. The van der Waals surface area contributed by atoms with E-state index in [1.54, 1.807) is 22.3 Å². The molecule has 0 aliphatic heterocycles. The van der Waals surface area contributed by atoms with Gasteiger partial charge >= 0.3 is 0 Å². The van der Waals surface area contributed by atoms with Crippen molar-refractivity contribution in [1.29, 1.82) is 0 Å². The average molecular weight is 686 g/mol. The lowest BCUT2D eigenvalue weighted by molar-refractivity contribution is 0.134. The second-order valence-electron chi connectivity index (χ2n) is 17.0. The molecule has 53 heavy (non-hydrogen) atoms. The van der Waals surface area contributed by atoms with Crippen LogP contribution in [0.15, 0.2) is 164 Å². The summed E-state index contributed by atoms with van der Waals surface area (Å²) in [5.41, 5.74) is 15.1. The number of benzene rings is 7. The Morgan fingerprint density at radius 1 is 0.434 bits per heavy atom. The van der Waals surface area contributed by atoms with Gasteiger partial charge in [0.05, 0.1) is 5.69 Å². The molecule has 3 aliphatic rings. The highest BCUT2D eigenvalue weighted by atomic mass is 15.1. The van der Waals surface area contributed by atoms with Crippen molar-refractivity contribution in [1.82, 2.24) is 0 Å². The first-order valence-electron chi connectivity index (χ1n) is 19.6. The average Bonchev–Trinajstić information content (AvgIpc) is 3.57. The second kappa shape index (κ2) is 12.1. The standard InChI is InChI=1S/C52H47N/c1-51(2)45-22-14-13-19-40(45)43-31-47-44(32-46(43)51)50-42-21-12-11-20-41(42)49(33-48(50)52(47,3)4)53(38-27-23-36(24-28-38)34-15-7-5-8-16-34)39-29-25-37(26-30-39)35-17-9-6-10-18-35/h5-30,33,43-44,46-47H,31-32H2,1-4H3. The fourth-order valence-electron chi connectivity index (χ4n) is 11.1. The molecule has 4 atom stereocenters. The van der Waals surface area contributed by atoms with Crippen molar-refractivity contribution in [2.45, 2.75) is 63.2 Å². The van der Waals surface area contributed by atoms with Crippen LogP contribution in [0, 0.1) is 11.8 Å². The van der Waals surface area contributed by atoms with Gasteiger partial charge in [-0.25, -0.2) is 0 Å². The van der Waals surface area contributed by atoms with Gasteiger partial charge < -0.3 is 4.90 Å². The second-order valence-corrected chi connectivity index (χ2v) is 17.0. The van der Waals surface area contributed by atoms with Crippen LogP contribution in [0.4, 0.5) is 17.1 Å². The maximum atomic E-state index is 2.60. The van der Waals surface area contributed by atoms with Gasteiger partial charge in [-0.3, -0.25) is 0 Å². The fraction of sp³-hybridized carbons (Fsp3) is 0.231. The molecule has 0 spiro atoms. The molecule has 0 bridgehead atoms. The molecule has 3 aliphatic carbocycles. The maximum absolute atomic E-state index is 2.60. The molecule has 1 fully saturated rings. The van der Waals surface area contributed by atoms with E-state index in [1.165, 1.54) is 62.9 Å². The Morgan fingerprint density at radius 3 is 1.49 bits per heavy atom. The van der Waals surface area contributed by atoms with Crippen LogP contribution >= 0.6 is 0 Å². The third-order valence-electron chi connectivity index (χ3n) is 13.7. The molecule has 10 rings (SSSR count). The van der Waals surface area contributed by atoms with Crippen LogP contribution in [-0.4, -0.2) is 0 Å². The molecule has 260 valence electrons. The van der Waals surface area contributed by atoms with E-state index in [2.05, 4.69) is 196 Å². The quantitative estimate of drug-likeness (QED) is 0.174. The molecule has 0 saturated heterocycles. The largest absolute Gasteiger partial charge is 0.310 e. The fourth-order valence-corrected chi connectivity index (χ4v) is 11.1. The van der Waals surface area contributed by atoms with E-state index in [4.69, 9.17) is 0 Å². The van der Waals surface area contributed by atoms with E-state index < -0.39 is 0 Å². The van der Waals surface area contributed by atoms with Crippen LogP contribution in [0.25, 0.3) is 33.0 Å². The minimum atomic E-state index is 0.0471. The minimum Gasteiger partial charge on any atom is -0.310 e. The topological polar surface area (TPSA) is 3.24 Å². The van der Waals surface area contributed by atoms with Crippen LogP contribution in [-0.2, 0) is 10.8 Å². The molecular formula is C52H47N. The summed E-state index contributed by atoms with van der Waals surface area (Å²) in [5, 5.41) is 2.76. The van der Waals surface area contributed by atoms with Crippen molar-refractivity contribution in [3.63, 3.8) is 0 Å². The molecule has 1 saturated carbocycles. The van der Waals surface area contributed by atoms with Gasteiger partial charge in [-0.05, 0) is 128 Å². The highest BCUT2D eigenvalue weighted by molar-refractivity contribution is 6.02. The number of fused-ring (bicyclic) bond motifs is 8. The maximum Gasteiger partial charge on any atom is 0.0543 e. The highest BCUT2D eigenvalue weighted by Gasteiger charge is 2.57. The molecule has 0 amide bonds. The van der Waals surface area contributed by atoms with E-state index in [0.717, 1.165) is 0 Å². The summed E-state index contributed by atoms with van der Waals surface area (Å²) in [4.78, 5) is 2.51. The van der Waals surface area contributed by atoms with Gasteiger partial charge in [-0.15, -0.1) is 0 Å². The SMILES string of the molecule is CC1(C)c2ccccc2C2CC3C(CC21)c1c(cc(N(c2ccc(-c4ccccc4)cc2)c2ccc(-c4ccccc4)cc2)c2ccccc12)C3(C)C. The Balaban J connectivity index is 1.14.